The molecule has 0 unspecified atom stereocenters. The van der Waals surface area contributed by atoms with E-state index in [0.29, 0.717) is 5.56 Å². The van der Waals surface area contributed by atoms with Crippen LogP contribution in [-0.2, 0) is 20.8 Å². The Morgan fingerprint density at radius 3 is 2.17 bits per heavy atom. The second-order valence-electron chi connectivity index (χ2n) is 9.31. The van der Waals surface area contributed by atoms with Crippen LogP contribution in [0.15, 0.2) is 29.0 Å². The maximum atomic E-state index is 13.7. The number of phenolic OH excluding ortho intramolecular Hbond substituents is 1. The van der Waals surface area contributed by atoms with Gasteiger partial charge < -0.3 is 36.5 Å². The molecule has 4 rings (SSSR count). The van der Waals surface area contributed by atoms with Crippen LogP contribution in [0.4, 0.5) is 5.69 Å². The largest absolute Gasteiger partial charge is 0.508 e. The van der Waals surface area contributed by atoms with E-state index in [1.54, 1.807) is 20.2 Å². The molecule has 1 amide bonds. The van der Waals surface area contributed by atoms with Crippen molar-refractivity contribution in [3.05, 3.63) is 40.2 Å². The molecule has 36 heavy (non-hydrogen) atoms. The third-order valence-corrected chi connectivity index (χ3v) is 7.06. The smallest absolute Gasteiger partial charge is 0.255 e. The summed E-state index contributed by atoms with van der Waals surface area (Å²) < 4.78 is 0. The van der Waals surface area contributed by atoms with Gasteiger partial charge in [0.2, 0.25) is 5.78 Å². The van der Waals surface area contributed by atoms with Crippen LogP contribution in [0.3, 0.4) is 0 Å². The molecule has 0 spiro atoms. The van der Waals surface area contributed by atoms with Gasteiger partial charge in [0.05, 0.1) is 11.6 Å². The van der Waals surface area contributed by atoms with Gasteiger partial charge in [0.1, 0.15) is 22.8 Å². The van der Waals surface area contributed by atoms with Crippen LogP contribution < -0.4 is 10.6 Å². The number of aromatic hydroxyl groups is 1. The van der Waals surface area contributed by atoms with Gasteiger partial charge in [0, 0.05) is 31.3 Å². The Morgan fingerprint density at radius 1 is 1.08 bits per heavy atom. The van der Waals surface area contributed by atoms with Crippen molar-refractivity contribution in [2.24, 2.45) is 17.6 Å². The molecule has 0 aliphatic heterocycles. The number of carbonyl (C=O) groups is 3. The standard InChI is InChI=1S/C23H27N3O7.2ClH.H2O/c1-25(2)12-5-6-13(27)15-10(12)7-9-8-11-17(26(3)4)19(29)16(22(24)32)21(31)23(11,33)20(30)14(9)18(15)28;;;/h5-6,9,11,17,27-28,31,33H,7-8H2,1-4H3,(H2,24,32);2*1H;1H2/t9-,11-,17-,23-;;;/m0.../s1. The van der Waals surface area contributed by atoms with Gasteiger partial charge in [-0.25, -0.2) is 0 Å². The van der Waals surface area contributed by atoms with E-state index in [1.165, 1.54) is 11.0 Å². The number of ketones is 2. The maximum absolute atomic E-state index is 13.7. The second kappa shape index (κ2) is 10.3. The number of hydrogen-bond donors (Lipinski definition) is 5. The number of phenols is 1. The molecule has 0 saturated heterocycles. The van der Waals surface area contributed by atoms with Crippen LogP contribution in [0, 0.1) is 11.8 Å². The van der Waals surface area contributed by atoms with E-state index in [9.17, 15) is 34.8 Å². The number of nitrogens with two attached hydrogens (primary N) is 1. The number of rotatable bonds is 3. The Labute approximate surface area is 220 Å². The molecule has 200 valence electrons. The fraction of sp³-hybridized carbons (Fsp3) is 0.435. The summed E-state index contributed by atoms with van der Waals surface area (Å²) in [7, 11) is 6.75. The molecule has 8 N–H and O–H groups in total. The number of aliphatic hydroxyl groups excluding tert-OH is 2. The van der Waals surface area contributed by atoms with Crippen molar-refractivity contribution in [1.29, 1.82) is 0 Å². The van der Waals surface area contributed by atoms with Gasteiger partial charge in [-0.15, -0.1) is 24.8 Å². The zero-order valence-electron chi connectivity index (χ0n) is 20.1. The van der Waals surface area contributed by atoms with Crippen LogP contribution in [0.5, 0.6) is 5.75 Å². The highest BCUT2D eigenvalue weighted by Crippen LogP contribution is 2.53. The summed E-state index contributed by atoms with van der Waals surface area (Å²) in [5.41, 5.74) is 3.15. The monoisotopic (exact) mass is 547 g/mol. The highest BCUT2D eigenvalue weighted by Gasteiger charge is 2.64. The van der Waals surface area contributed by atoms with E-state index in [2.05, 4.69) is 0 Å². The number of carbonyl (C=O) groups excluding carboxylic acids is 3. The van der Waals surface area contributed by atoms with Gasteiger partial charge in [-0.1, -0.05) is 0 Å². The quantitative estimate of drug-likeness (QED) is 0.324. The van der Waals surface area contributed by atoms with E-state index < -0.39 is 58.0 Å². The third-order valence-electron chi connectivity index (χ3n) is 7.06. The number of nitrogens with zero attached hydrogens (tertiary/aromatic N) is 2. The number of aliphatic hydroxyl groups is 3. The molecule has 1 fully saturated rings. The van der Waals surface area contributed by atoms with E-state index in [1.807, 2.05) is 19.0 Å². The average molecular weight is 548 g/mol. The SMILES string of the molecule is CN(C)c1ccc(O)c2c1C[C@H]1C[C@H]3[C@H](N(C)C)C(=O)C(C(N)=O)=C(O)[C@@]3(O)C(=O)C1=C2O.Cl.Cl.O. The topological polar surface area (TPSA) is 196 Å². The zero-order valence-corrected chi connectivity index (χ0v) is 21.7. The predicted molar refractivity (Wildman–Crippen MR) is 137 cm³/mol. The number of benzene rings is 1. The number of fused-ring (bicyclic) bond motifs is 3. The highest BCUT2D eigenvalue weighted by molar-refractivity contribution is 6.24. The first-order chi connectivity index (χ1) is 15.3. The van der Waals surface area contributed by atoms with Crippen molar-refractivity contribution in [2.75, 3.05) is 33.1 Å². The lowest BCUT2D eigenvalue weighted by Crippen LogP contribution is -2.65. The molecule has 13 heteroatoms. The van der Waals surface area contributed by atoms with E-state index in [4.69, 9.17) is 5.73 Å². The van der Waals surface area contributed by atoms with Gasteiger partial charge in [-0.05, 0) is 50.6 Å². The van der Waals surface area contributed by atoms with Crippen molar-refractivity contribution in [3.63, 3.8) is 0 Å². The normalized spacial score (nSPS) is 26.7. The van der Waals surface area contributed by atoms with Gasteiger partial charge >= 0.3 is 0 Å². The van der Waals surface area contributed by atoms with Crippen LogP contribution in [0.2, 0.25) is 0 Å². The molecule has 1 aromatic rings. The lowest BCUT2D eigenvalue weighted by molar-refractivity contribution is -0.153. The number of amides is 1. The van der Waals surface area contributed by atoms with Gasteiger partial charge in [-0.2, -0.15) is 0 Å². The molecule has 0 radical (unpaired) electrons. The average Bonchev–Trinajstić information content (AvgIpc) is 2.70. The molecular weight excluding hydrogens is 517 g/mol. The van der Waals surface area contributed by atoms with Crippen molar-refractivity contribution >= 4 is 53.7 Å². The van der Waals surface area contributed by atoms with Gasteiger partial charge in [0.25, 0.3) is 5.91 Å². The van der Waals surface area contributed by atoms with Crippen LogP contribution in [-0.4, -0.2) is 88.1 Å². The fourth-order valence-electron chi connectivity index (χ4n) is 5.65. The summed E-state index contributed by atoms with van der Waals surface area (Å²) in [5, 5.41) is 43.9. The molecule has 11 nitrogen and oxygen atoms in total. The summed E-state index contributed by atoms with van der Waals surface area (Å²) in [5.74, 6) is -6.54. The number of primary amides is 1. The number of halogens is 2. The third kappa shape index (κ3) is 4.00. The minimum atomic E-state index is -2.63. The minimum Gasteiger partial charge on any atom is -0.508 e. The molecule has 0 heterocycles. The lowest BCUT2D eigenvalue weighted by Gasteiger charge is -2.50. The van der Waals surface area contributed by atoms with Crippen LogP contribution >= 0.6 is 24.8 Å². The number of hydrogen-bond acceptors (Lipinski definition) is 9. The summed E-state index contributed by atoms with van der Waals surface area (Å²) in [6.45, 7) is 0. The van der Waals surface area contributed by atoms with Crippen LogP contribution in [0.1, 0.15) is 17.5 Å². The second-order valence-corrected chi connectivity index (χ2v) is 9.31. The van der Waals surface area contributed by atoms with Crippen molar-refractivity contribution in [3.8, 4) is 5.75 Å². The van der Waals surface area contributed by atoms with Crippen molar-refractivity contribution in [1.82, 2.24) is 4.90 Å². The Hall–Kier alpha value is -2.83. The Morgan fingerprint density at radius 2 is 1.67 bits per heavy atom. The Kier molecular flexibility index (Phi) is 8.90. The summed E-state index contributed by atoms with van der Waals surface area (Å²) in [6.07, 6.45) is 0.324. The Balaban J connectivity index is 0.00000216. The molecule has 3 aliphatic carbocycles. The fourth-order valence-corrected chi connectivity index (χ4v) is 5.65. The van der Waals surface area contributed by atoms with Crippen LogP contribution in [0.25, 0.3) is 5.76 Å². The maximum Gasteiger partial charge on any atom is 0.255 e. The molecule has 1 saturated carbocycles. The number of Topliss-reactive ketones (excluding diaryl/α,β-unsaturated/α-hetero) is 2. The zero-order chi connectivity index (χ0) is 24.6. The van der Waals surface area contributed by atoms with E-state index in [0.717, 1.165) is 5.69 Å². The van der Waals surface area contributed by atoms with Crippen molar-refractivity contribution in [2.45, 2.75) is 24.5 Å². The summed E-state index contributed by atoms with van der Waals surface area (Å²) in [4.78, 5) is 42.0. The summed E-state index contributed by atoms with van der Waals surface area (Å²) >= 11 is 0. The Bertz CT molecular complexity index is 1180. The molecular formula is C23H31Cl2N3O8. The minimum absolute atomic E-state index is 0. The molecule has 4 atom stereocenters. The first-order valence-corrected chi connectivity index (χ1v) is 10.5. The lowest BCUT2D eigenvalue weighted by atomic mass is 9.57. The van der Waals surface area contributed by atoms with Gasteiger partial charge in [-0.3, -0.25) is 19.3 Å². The molecule has 0 aromatic heterocycles. The van der Waals surface area contributed by atoms with E-state index >= 15 is 0 Å². The summed E-state index contributed by atoms with van der Waals surface area (Å²) in [6, 6.07) is 2.01. The molecule has 0 bridgehead atoms. The van der Waals surface area contributed by atoms with E-state index in [-0.39, 0.29) is 60.0 Å². The number of likely N-dealkylation sites (N-methyl/N-ethyl adjacent to an activating group) is 1. The predicted octanol–water partition coefficient (Wildman–Crippen LogP) is 0.0489. The first kappa shape index (κ1) is 31.2. The number of anilines is 1. The van der Waals surface area contributed by atoms with Gasteiger partial charge in [0.15, 0.2) is 11.4 Å². The molecule has 3 aliphatic rings. The van der Waals surface area contributed by atoms with Crippen molar-refractivity contribution < 1.29 is 40.3 Å². The highest BCUT2D eigenvalue weighted by atomic mass is 35.5. The first-order valence-electron chi connectivity index (χ1n) is 10.5. The molecule has 1 aromatic carbocycles.